The van der Waals surface area contributed by atoms with E-state index >= 15 is 0 Å². The molecule has 5 heterocycles. The maximum Gasteiger partial charge on any atom is 0.272 e. The smallest absolute Gasteiger partial charge is 0.272 e. The minimum absolute atomic E-state index is 0.0205. The van der Waals surface area contributed by atoms with E-state index in [-0.39, 0.29) is 23.6 Å². The fourth-order valence-corrected chi connectivity index (χ4v) is 5.72. The van der Waals surface area contributed by atoms with Crippen molar-refractivity contribution < 1.29 is 18.0 Å². The van der Waals surface area contributed by atoms with Crippen molar-refractivity contribution in [3.63, 3.8) is 0 Å². The van der Waals surface area contributed by atoms with Crippen molar-refractivity contribution in [3.05, 3.63) is 58.6 Å². The van der Waals surface area contributed by atoms with Gasteiger partial charge >= 0.3 is 0 Å². The monoisotopic (exact) mass is 441 g/mol. The van der Waals surface area contributed by atoms with E-state index in [0.717, 1.165) is 67.9 Å². The number of carbonyl (C=O) groups is 1. The molecule has 3 aliphatic rings. The molecular formula is C23H22F3N5O. The highest BCUT2D eigenvalue weighted by molar-refractivity contribution is 5.93. The molecule has 1 aromatic carbocycles. The summed E-state index contributed by atoms with van der Waals surface area (Å²) in [5.41, 5.74) is 3.09. The van der Waals surface area contributed by atoms with Gasteiger partial charge in [0.15, 0.2) is 17.5 Å². The van der Waals surface area contributed by atoms with Crippen LogP contribution in [0.3, 0.4) is 0 Å². The number of benzene rings is 1. The van der Waals surface area contributed by atoms with E-state index < -0.39 is 17.5 Å². The Labute approximate surface area is 182 Å². The molecule has 6 nitrogen and oxygen atoms in total. The summed E-state index contributed by atoms with van der Waals surface area (Å²) in [7, 11) is 1.71. The molecule has 0 N–H and O–H groups in total. The molecule has 1 fully saturated rings. The predicted octanol–water partition coefficient (Wildman–Crippen LogP) is 3.94. The zero-order valence-electron chi connectivity index (χ0n) is 17.6. The standard InChI is InChI=1S/C23H22F3N5O/c1-29-22(12-8-15(24)20(26)16(25)9-12)14-10-13-5-6-17(21(14)28-29)31(13)23(32)18-11-27-19-4-2-3-7-30(18)19/h8-9,11,13,17H,2-7,10H2,1H3/t13-,17+/m0/s1. The van der Waals surface area contributed by atoms with Crippen molar-refractivity contribution >= 4 is 5.91 Å². The number of carbonyl (C=O) groups excluding carboxylic acids is 1. The first kappa shape index (κ1) is 19.6. The van der Waals surface area contributed by atoms with Crippen molar-refractivity contribution in [2.24, 2.45) is 7.05 Å². The summed E-state index contributed by atoms with van der Waals surface area (Å²) in [6.07, 6.45) is 6.86. The van der Waals surface area contributed by atoms with Crippen LogP contribution >= 0.6 is 0 Å². The summed E-state index contributed by atoms with van der Waals surface area (Å²) in [4.78, 5) is 20.0. The van der Waals surface area contributed by atoms with E-state index in [2.05, 4.69) is 10.1 Å². The van der Waals surface area contributed by atoms with E-state index in [1.54, 1.807) is 17.9 Å². The molecule has 1 saturated heterocycles. The van der Waals surface area contributed by atoms with E-state index in [1.807, 2.05) is 9.47 Å². The number of nitrogens with zero attached hydrogens (tertiary/aromatic N) is 5. The molecule has 166 valence electrons. The van der Waals surface area contributed by atoms with Crippen LogP contribution in [0.15, 0.2) is 18.3 Å². The molecule has 2 bridgehead atoms. The first-order valence-corrected chi connectivity index (χ1v) is 11.0. The fraction of sp³-hybridized carbons (Fsp3) is 0.435. The Bertz CT molecular complexity index is 1240. The molecule has 6 rings (SSSR count). The third kappa shape index (κ3) is 2.69. The molecule has 0 unspecified atom stereocenters. The van der Waals surface area contributed by atoms with Gasteiger partial charge in [0.05, 0.1) is 23.6 Å². The Balaban J connectivity index is 1.40. The van der Waals surface area contributed by atoms with Gasteiger partial charge in [-0.2, -0.15) is 5.10 Å². The van der Waals surface area contributed by atoms with Gasteiger partial charge in [-0.1, -0.05) is 0 Å². The Hall–Kier alpha value is -3.10. The number of rotatable bonds is 2. The topological polar surface area (TPSA) is 56.0 Å². The Kier molecular flexibility index (Phi) is 4.25. The average Bonchev–Trinajstić information content (AvgIpc) is 3.44. The number of fused-ring (bicyclic) bond motifs is 5. The molecule has 0 saturated carbocycles. The van der Waals surface area contributed by atoms with Crippen molar-refractivity contribution in [2.75, 3.05) is 0 Å². The third-order valence-corrected chi connectivity index (χ3v) is 7.12. The van der Waals surface area contributed by atoms with Crippen LogP contribution in [0.4, 0.5) is 13.2 Å². The number of imidazole rings is 1. The van der Waals surface area contributed by atoms with Crippen LogP contribution in [-0.4, -0.2) is 36.2 Å². The summed E-state index contributed by atoms with van der Waals surface area (Å²) < 4.78 is 45.0. The maximum absolute atomic E-state index is 13.9. The van der Waals surface area contributed by atoms with Gasteiger partial charge in [-0.05, 0) is 44.2 Å². The van der Waals surface area contributed by atoms with Crippen LogP contribution < -0.4 is 0 Å². The molecule has 1 amide bonds. The van der Waals surface area contributed by atoms with Crippen molar-refractivity contribution in [2.45, 2.75) is 57.2 Å². The largest absolute Gasteiger partial charge is 0.325 e. The number of aryl methyl sites for hydroxylation is 2. The lowest BCUT2D eigenvalue weighted by Gasteiger charge is -2.34. The highest BCUT2D eigenvalue weighted by Crippen LogP contribution is 2.46. The first-order valence-electron chi connectivity index (χ1n) is 11.0. The molecule has 0 radical (unpaired) electrons. The summed E-state index contributed by atoms with van der Waals surface area (Å²) in [5.74, 6) is -3.00. The van der Waals surface area contributed by atoms with Gasteiger partial charge in [-0.3, -0.25) is 9.48 Å². The molecule has 2 aromatic heterocycles. The molecule has 0 spiro atoms. The summed E-state index contributed by atoms with van der Waals surface area (Å²) in [5, 5.41) is 4.65. The Morgan fingerprint density at radius 3 is 2.69 bits per heavy atom. The van der Waals surface area contributed by atoms with Gasteiger partial charge in [0.25, 0.3) is 5.91 Å². The van der Waals surface area contributed by atoms with Crippen LogP contribution in [0, 0.1) is 17.5 Å². The van der Waals surface area contributed by atoms with Crippen LogP contribution in [0.25, 0.3) is 11.3 Å². The Morgan fingerprint density at radius 1 is 1.12 bits per heavy atom. The summed E-state index contributed by atoms with van der Waals surface area (Å²) >= 11 is 0. The average molecular weight is 441 g/mol. The van der Waals surface area contributed by atoms with Crippen molar-refractivity contribution in [1.29, 1.82) is 0 Å². The van der Waals surface area contributed by atoms with Crippen molar-refractivity contribution in [3.8, 4) is 11.3 Å². The second kappa shape index (κ2) is 6.95. The van der Waals surface area contributed by atoms with Crippen LogP contribution in [0.5, 0.6) is 0 Å². The van der Waals surface area contributed by atoms with E-state index in [0.29, 0.717) is 17.8 Å². The van der Waals surface area contributed by atoms with Gasteiger partial charge < -0.3 is 9.47 Å². The molecule has 0 aliphatic carbocycles. The van der Waals surface area contributed by atoms with Gasteiger partial charge in [0.2, 0.25) is 0 Å². The minimum Gasteiger partial charge on any atom is -0.325 e. The zero-order valence-corrected chi connectivity index (χ0v) is 17.6. The lowest BCUT2D eigenvalue weighted by atomic mass is 9.94. The highest BCUT2D eigenvalue weighted by Gasteiger charge is 2.46. The molecular weight excluding hydrogens is 419 g/mol. The summed E-state index contributed by atoms with van der Waals surface area (Å²) in [6, 6.07) is 1.80. The van der Waals surface area contributed by atoms with E-state index in [9.17, 15) is 18.0 Å². The van der Waals surface area contributed by atoms with Gasteiger partial charge in [0, 0.05) is 37.2 Å². The van der Waals surface area contributed by atoms with Crippen LogP contribution in [0.2, 0.25) is 0 Å². The first-order chi connectivity index (χ1) is 15.4. The second-order valence-electron chi connectivity index (χ2n) is 8.92. The molecule has 2 atom stereocenters. The SMILES string of the molecule is Cn1nc2c(c1-c1cc(F)c(F)c(F)c1)C[C@@H]1CC[C@H]2N1C(=O)c1cnc2n1CCCC2. The molecule has 9 heteroatoms. The molecule has 3 aliphatic heterocycles. The summed E-state index contributed by atoms with van der Waals surface area (Å²) in [6.45, 7) is 0.806. The predicted molar refractivity (Wildman–Crippen MR) is 109 cm³/mol. The second-order valence-corrected chi connectivity index (χ2v) is 8.92. The molecule has 32 heavy (non-hydrogen) atoms. The fourth-order valence-electron chi connectivity index (χ4n) is 5.72. The van der Waals surface area contributed by atoms with E-state index in [4.69, 9.17) is 0 Å². The normalized spacial score (nSPS) is 21.6. The highest BCUT2D eigenvalue weighted by atomic mass is 19.2. The number of amides is 1. The van der Waals surface area contributed by atoms with Gasteiger partial charge in [-0.25, -0.2) is 18.2 Å². The molecule has 3 aromatic rings. The third-order valence-electron chi connectivity index (χ3n) is 7.12. The van der Waals surface area contributed by atoms with Crippen LogP contribution in [-0.2, 0) is 26.4 Å². The Morgan fingerprint density at radius 2 is 1.91 bits per heavy atom. The van der Waals surface area contributed by atoms with Gasteiger partial charge in [0.1, 0.15) is 11.5 Å². The maximum atomic E-state index is 13.9. The van der Waals surface area contributed by atoms with Gasteiger partial charge in [-0.15, -0.1) is 0 Å². The number of hydrogen-bond donors (Lipinski definition) is 0. The van der Waals surface area contributed by atoms with Crippen molar-refractivity contribution in [1.82, 2.24) is 24.2 Å². The quantitative estimate of drug-likeness (QED) is 0.566. The number of halogens is 3. The van der Waals surface area contributed by atoms with E-state index in [1.165, 1.54) is 0 Å². The number of aromatic nitrogens is 4. The zero-order chi connectivity index (χ0) is 22.1. The number of hydrogen-bond acceptors (Lipinski definition) is 3. The lowest BCUT2D eigenvalue weighted by Crippen LogP contribution is -2.42. The lowest BCUT2D eigenvalue weighted by molar-refractivity contribution is 0.0630. The van der Waals surface area contributed by atoms with Crippen LogP contribution in [0.1, 0.15) is 59.3 Å². The minimum atomic E-state index is -1.48.